The van der Waals surface area contributed by atoms with E-state index in [0.29, 0.717) is 31.0 Å². The molecular formula is C24H34N4O3. The number of rotatable bonds is 4. The van der Waals surface area contributed by atoms with Crippen molar-refractivity contribution in [3.63, 3.8) is 0 Å². The maximum atomic E-state index is 12.4. The van der Waals surface area contributed by atoms with Gasteiger partial charge in [0, 0.05) is 49.8 Å². The number of anilines is 1. The Balaban J connectivity index is 1.34. The number of aliphatic hydroxyl groups excluding tert-OH is 1. The van der Waals surface area contributed by atoms with Gasteiger partial charge < -0.3 is 19.6 Å². The van der Waals surface area contributed by atoms with Gasteiger partial charge in [0.1, 0.15) is 5.60 Å². The van der Waals surface area contributed by atoms with Crippen LogP contribution in [0.2, 0.25) is 0 Å². The third-order valence-corrected chi connectivity index (χ3v) is 6.80. The number of hydrogen-bond donors (Lipinski definition) is 1. The van der Waals surface area contributed by atoms with Crippen molar-refractivity contribution >= 4 is 22.7 Å². The van der Waals surface area contributed by atoms with Crippen molar-refractivity contribution < 1.29 is 14.6 Å². The van der Waals surface area contributed by atoms with Gasteiger partial charge >= 0.3 is 6.09 Å². The van der Waals surface area contributed by atoms with Crippen LogP contribution in [-0.2, 0) is 4.74 Å². The monoisotopic (exact) mass is 426 g/mol. The van der Waals surface area contributed by atoms with Crippen molar-refractivity contribution in [3.05, 3.63) is 23.9 Å². The Morgan fingerprint density at radius 1 is 1.16 bits per heavy atom. The molecule has 31 heavy (non-hydrogen) atoms. The van der Waals surface area contributed by atoms with Crippen molar-refractivity contribution in [3.8, 4) is 0 Å². The van der Waals surface area contributed by atoms with Gasteiger partial charge in [-0.25, -0.2) is 4.79 Å². The van der Waals surface area contributed by atoms with Crippen LogP contribution in [0.1, 0.15) is 64.1 Å². The predicted molar refractivity (Wildman–Crippen MR) is 121 cm³/mol. The molecule has 1 saturated heterocycles. The summed E-state index contributed by atoms with van der Waals surface area (Å²) in [5.41, 5.74) is 3.20. The van der Waals surface area contributed by atoms with E-state index < -0.39 is 5.60 Å². The van der Waals surface area contributed by atoms with Crippen LogP contribution < -0.4 is 4.90 Å². The molecule has 2 aromatic rings. The average molecular weight is 427 g/mol. The Morgan fingerprint density at radius 2 is 1.87 bits per heavy atom. The van der Waals surface area contributed by atoms with Crippen molar-refractivity contribution in [2.45, 2.75) is 64.0 Å². The highest BCUT2D eigenvalue weighted by Gasteiger charge is 2.35. The van der Waals surface area contributed by atoms with Crippen molar-refractivity contribution in [2.24, 2.45) is 5.92 Å². The molecule has 7 heteroatoms. The van der Waals surface area contributed by atoms with E-state index in [4.69, 9.17) is 9.84 Å². The molecule has 0 radical (unpaired) electrons. The number of carbonyl (C=O) groups excluding carboxylic acids is 1. The van der Waals surface area contributed by atoms with E-state index in [-0.39, 0.29) is 12.7 Å². The molecule has 1 amide bonds. The lowest BCUT2D eigenvalue weighted by molar-refractivity contribution is 0.0240. The Kier molecular flexibility index (Phi) is 5.12. The summed E-state index contributed by atoms with van der Waals surface area (Å²) in [5, 5.41) is 15.8. The third-order valence-electron chi connectivity index (χ3n) is 6.80. The van der Waals surface area contributed by atoms with Gasteiger partial charge in [-0.1, -0.05) is 0 Å². The molecule has 2 saturated carbocycles. The molecule has 168 valence electrons. The number of carbonyl (C=O) groups is 1. The first-order chi connectivity index (χ1) is 14.8. The van der Waals surface area contributed by atoms with Crippen LogP contribution in [0.4, 0.5) is 10.5 Å². The zero-order valence-electron chi connectivity index (χ0n) is 18.9. The van der Waals surface area contributed by atoms with Crippen LogP contribution >= 0.6 is 0 Å². The smallest absolute Gasteiger partial charge is 0.410 e. The summed E-state index contributed by atoms with van der Waals surface area (Å²) < 4.78 is 7.76. The molecule has 2 aliphatic carbocycles. The second-order valence-corrected chi connectivity index (χ2v) is 10.4. The summed E-state index contributed by atoms with van der Waals surface area (Å²) in [6, 6.07) is 7.13. The van der Waals surface area contributed by atoms with Crippen molar-refractivity contribution in [1.82, 2.24) is 14.7 Å². The minimum atomic E-state index is -0.465. The SMILES string of the molecule is CC(C)(C)OC(=O)N1CCN(c2ccc3c(C4CC4)nn(C4CC(CO)C4)c3c2)CC1. The Hall–Kier alpha value is -2.28. The molecule has 5 rings (SSSR count). The minimum Gasteiger partial charge on any atom is -0.444 e. The van der Waals surface area contributed by atoms with Crippen LogP contribution in [0.25, 0.3) is 10.9 Å². The number of amides is 1. The summed E-state index contributed by atoms with van der Waals surface area (Å²) in [5.74, 6) is 1.03. The first-order valence-corrected chi connectivity index (χ1v) is 11.7. The standard InChI is InChI=1S/C24H34N4O3/c1-24(2,3)31-23(30)27-10-8-26(9-11-27)18-6-7-20-21(14-18)28(19-12-16(13-19)15-29)25-22(20)17-4-5-17/h6-7,14,16-17,19,29H,4-5,8-13,15H2,1-3H3. The van der Waals surface area contributed by atoms with E-state index in [1.54, 1.807) is 4.90 Å². The normalized spacial score (nSPS) is 24.4. The minimum absolute atomic E-state index is 0.224. The number of benzene rings is 1. The maximum Gasteiger partial charge on any atom is 0.410 e. The number of ether oxygens (including phenoxy) is 1. The molecule has 0 bridgehead atoms. The number of aromatic nitrogens is 2. The van der Waals surface area contributed by atoms with Gasteiger partial charge in [-0.3, -0.25) is 4.68 Å². The highest BCUT2D eigenvalue weighted by molar-refractivity contribution is 5.86. The number of nitrogens with zero attached hydrogens (tertiary/aromatic N) is 4. The lowest BCUT2D eigenvalue weighted by atomic mass is 9.81. The van der Waals surface area contributed by atoms with Gasteiger partial charge in [0.05, 0.1) is 17.3 Å². The molecule has 1 aromatic carbocycles. The van der Waals surface area contributed by atoms with E-state index in [1.807, 2.05) is 20.8 Å². The molecule has 2 heterocycles. The molecule has 1 N–H and O–H groups in total. The van der Waals surface area contributed by atoms with E-state index >= 15 is 0 Å². The maximum absolute atomic E-state index is 12.4. The Labute approximate surface area is 183 Å². The Bertz CT molecular complexity index is 961. The quantitative estimate of drug-likeness (QED) is 0.803. The molecule has 0 unspecified atom stereocenters. The summed E-state index contributed by atoms with van der Waals surface area (Å²) in [4.78, 5) is 16.5. The molecule has 7 nitrogen and oxygen atoms in total. The summed E-state index contributed by atoms with van der Waals surface area (Å²) in [6.45, 7) is 8.91. The van der Waals surface area contributed by atoms with Crippen LogP contribution in [0.5, 0.6) is 0 Å². The van der Waals surface area contributed by atoms with Crippen LogP contribution in [-0.4, -0.2) is 64.3 Å². The molecule has 1 aliphatic heterocycles. The summed E-state index contributed by atoms with van der Waals surface area (Å²) >= 11 is 0. The molecule has 1 aromatic heterocycles. The molecule has 0 spiro atoms. The van der Waals surface area contributed by atoms with Crippen molar-refractivity contribution in [1.29, 1.82) is 0 Å². The zero-order valence-corrected chi connectivity index (χ0v) is 18.9. The number of hydrogen-bond acceptors (Lipinski definition) is 5. The van der Waals surface area contributed by atoms with Gasteiger partial charge in [-0.05, 0) is 70.6 Å². The lowest BCUT2D eigenvalue weighted by Gasteiger charge is -2.37. The lowest BCUT2D eigenvalue weighted by Crippen LogP contribution is -2.50. The highest BCUT2D eigenvalue weighted by Crippen LogP contribution is 2.46. The van der Waals surface area contributed by atoms with E-state index in [2.05, 4.69) is 27.8 Å². The fourth-order valence-electron chi connectivity index (χ4n) is 4.81. The van der Waals surface area contributed by atoms with Crippen LogP contribution in [0.15, 0.2) is 18.2 Å². The highest BCUT2D eigenvalue weighted by atomic mass is 16.6. The van der Waals surface area contributed by atoms with E-state index in [1.165, 1.54) is 35.1 Å². The molecule has 3 fully saturated rings. The second kappa shape index (κ2) is 7.69. The number of fused-ring (bicyclic) bond motifs is 1. The second-order valence-electron chi connectivity index (χ2n) is 10.4. The van der Waals surface area contributed by atoms with Gasteiger partial charge in [0.2, 0.25) is 0 Å². The Morgan fingerprint density at radius 3 is 2.48 bits per heavy atom. The molecule has 3 aliphatic rings. The first-order valence-electron chi connectivity index (χ1n) is 11.7. The van der Waals surface area contributed by atoms with Crippen LogP contribution in [0, 0.1) is 5.92 Å². The van der Waals surface area contributed by atoms with E-state index in [9.17, 15) is 9.90 Å². The fraction of sp³-hybridized carbons (Fsp3) is 0.667. The van der Waals surface area contributed by atoms with Crippen molar-refractivity contribution in [2.75, 3.05) is 37.7 Å². The zero-order chi connectivity index (χ0) is 21.8. The number of aliphatic hydroxyl groups is 1. The topological polar surface area (TPSA) is 70.8 Å². The summed E-state index contributed by atoms with van der Waals surface area (Å²) in [7, 11) is 0. The van der Waals surface area contributed by atoms with Gasteiger partial charge in [-0.2, -0.15) is 5.10 Å². The third kappa shape index (κ3) is 4.12. The van der Waals surface area contributed by atoms with Gasteiger partial charge in [0.25, 0.3) is 0 Å². The fourth-order valence-corrected chi connectivity index (χ4v) is 4.81. The first kappa shape index (κ1) is 20.6. The van der Waals surface area contributed by atoms with E-state index in [0.717, 1.165) is 25.9 Å². The summed E-state index contributed by atoms with van der Waals surface area (Å²) in [6.07, 6.45) is 4.28. The largest absolute Gasteiger partial charge is 0.444 e. The van der Waals surface area contributed by atoms with Crippen LogP contribution in [0.3, 0.4) is 0 Å². The van der Waals surface area contributed by atoms with Gasteiger partial charge in [-0.15, -0.1) is 0 Å². The average Bonchev–Trinajstić information content (AvgIpc) is 3.48. The predicted octanol–water partition coefficient (Wildman–Crippen LogP) is 3.91. The number of piperazine rings is 1. The molecule has 0 atom stereocenters. The van der Waals surface area contributed by atoms with Gasteiger partial charge in [0.15, 0.2) is 0 Å². The molecular weight excluding hydrogens is 392 g/mol.